The lowest BCUT2D eigenvalue weighted by atomic mass is 9.91. The van der Waals surface area contributed by atoms with Gasteiger partial charge in [0, 0.05) is 51.4 Å². The first kappa shape index (κ1) is 27.2. The predicted molar refractivity (Wildman–Crippen MR) is 144 cm³/mol. The Labute approximate surface area is 228 Å². The zero-order valence-electron chi connectivity index (χ0n) is 22.1. The van der Waals surface area contributed by atoms with Crippen molar-refractivity contribution in [3.8, 4) is 0 Å². The molecular weight excluding hydrogens is 509 g/mol. The number of nitrogens with zero attached hydrogens (tertiary/aromatic N) is 4. The van der Waals surface area contributed by atoms with Gasteiger partial charge in [0.2, 0.25) is 5.91 Å². The van der Waals surface area contributed by atoms with Crippen molar-refractivity contribution in [2.45, 2.75) is 69.1 Å². The van der Waals surface area contributed by atoms with E-state index in [1.165, 1.54) is 18.5 Å². The zero-order valence-corrected chi connectivity index (χ0v) is 22.8. The molecule has 2 N–H and O–H groups in total. The van der Waals surface area contributed by atoms with Crippen LogP contribution in [0.3, 0.4) is 0 Å². The Bertz CT molecular complexity index is 1140. The lowest BCUT2D eigenvalue weighted by molar-refractivity contribution is -0.133. The Hall–Kier alpha value is -2.33. The van der Waals surface area contributed by atoms with Gasteiger partial charge in [0.25, 0.3) is 0 Å². The smallest absolute Gasteiger partial charge is 0.231 e. The molecule has 0 unspecified atom stereocenters. The van der Waals surface area contributed by atoms with Gasteiger partial charge >= 0.3 is 0 Å². The first-order valence-electron chi connectivity index (χ1n) is 13.6. The molecule has 1 aromatic carbocycles. The van der Waals surface area contributed by atoms with Crippen molar-refractivity contribution in [2.75, 3.05) is 44.7 Å². The summed E-state index contributed by atoms with van der Waals surface area (Å²) in [5.41, 5.74) is 2.37. The number of carbonyl (C=O) groups is 1. The van der Waals surface area contributed by atoms with E-state index in [4.69, 9.17) is 16.3 Å². The number of fused-ring (bicyclic) bond motifs is 1. The quantitative estimate of drug-likeness (QED) is 0.547. The summed E-state index contributed by atoms with van der Waals surface area (Å²) < 4.78 is 19.9. The topological polar surface area (TPSA) is 90.8 Å². The molecule has 1 amide bonds. The zero-order chi connectivity index (χ0) is 26.8. The van der Waals surface area contributed by atoms with Crippen molar-refractivity contribution in [2.24, 2.45) is 0 Å². The highest BCUT2D eigenvalue weighted by Crippen LogP contribution is 2.42. The van der Waals surface area contributed by atoms with E-state index < -0.39 is 17.8 Å². The first-order chi connectivity index (χ1) is 18.4. The number of ether oxygens (including phenoxy) is 1. The summed E-state index contributed by atoms with van der Waals surface area (Å²) in [5.74, 6) is 0.00951. The number of aromatic nitrogens is 2. The lowest BCUT2D eigenvalue weighted by Gasteiger charge is -2.38. The van der Waals surface area contributed by atoms with E-state index in [0.29, 0.717) is 56.9 Å². The molecule has 2 fully saturated rings. The second-order valence-corrected chi connectivity index (χ2v) is 11.2. The van der Waals surface area contributed by atoms with Crippen molar-refractivity contribution in [1.29, 1.82) is 0 Å². The van der Waals surface area contributed by atoms with Crippen LogP contribution >= 0.6 is 11.6 Å². The van der Waals surface area contributed by atoms with Crippen molar-refractivity contribution in [3.05, 3.63) is 52.2 Å². The van der Waals surface area contributed by atoms with Crippen LogP contribution < -0.4 is 10.2 Å². The third-order valence-corrected chi connectivity index (χ3v) is 8.74. The molecule has 2 heterocycles. The summed E-state index contributed by atoms with van der Waals surface area (Å²) in [4.78, 5) is 26.7. The molecule has 10 heteroatoms. The molecule has 1 saturated carbocycles. The number of rotatable bonds is 7. The van der Waals surface area contributed by atoms with Crippen molar-refractivity contribution in [3.63, 3.8) is 0 Å². The van der Waals surface area contributed by atoms with Crippen LogP contribution in [-0.4, -0.2) is 77.9 Å². The summed E-state index contributed by atoms with van der Waals surface area (Å²) in [6, 6.07) is 4.98. The van der Waals surface area contributed by atoms with Gasteiger partial charge in [-0.15, -0.1) is 0 Å². The van der Waals surface area contributed by atoms with E-state index in [9.17, 15) is 14.3 Å². The van der Waals surface area contributed by atoms with Gasteiger partial charge in [0.1, 0.15) is 18.0 Å². The molecule has 3 aliphatic rings. The van der Waals surface area contributed by atoms with Crippen LogP contribution in [0.1, 0.15) is 73.8 Å². The molecule has 206 valence electrons. The number of hydrogen-bond donors (Lipinski definition) is 2. The highest BCUT2D eigenvalue weighted by atomic mass is 35.5. The molecular formula is C28H37ClFN5O3. The number of carbonyl (C=O) groups excluding carboxylic acids is 1. The Morgan fingerprint density at radius 3 is 2.63 bits per heavy atom. The highest BCUT2D eigenvalue weighted by Gasteiger charge is 2.35. The predicted octanol–water partition coefficient (Wildman–Crippen LogP) is 3.79. The normalized spacial score (nSPS) is 26.3. The number of benzene rings is 1. The van der Waals surface area contributed by atoms with Gasteiger partial charge < -0.3 is 25.0 Å². The second-order valence-electron chi connectivity index (χ2n) is 10.8. The van der Waals surface area contributed by atoms with Gasteiger partial charge in [-0.3, -0.25) is 4.79 Å². The third-order valence-electron chi connectivity index (χ3n) is 8.43. The van der Waals surface area contributed by atoms with Gasteiger partial charge in [-0.05, 0) is 55.7 Å². The number of amides is 1. The SMILES string of the molecule is CO[C@H]1CC[C@H](NC[C@@H](C(=O)N2CCN(c3ncnc4c3[C@H](C)C[C@H]4O)CC2)c2ccc(Cl)c(F)c2)CC1. The number of halogens is 2. The molecule has 0 spiro atoms. The molecule has 3 atom stereocenters. The summed E-state index contributed by atoms with van der Waals surface area (Å²) in [6.07, 6.45) is 5.88. The van der Waals surface area contributed by atoms with E-state index in [1.807, 2.05) is 4.90 Å². The summed E-state index contributed by atoms with van der Waals surface area (Å²) in [6.45, 7) is 4.88. The van der Waals surface area contributed by atoms with E-state index in [2.05, 4.69) is 27.1 Å². The van der Waals surface area contributed by atoms with Crippen LogP contribution in [0.4, 0.5) is 10.2 Å². The Morgan fingerprint density at radius 1 is 1.21 bits per heavy atom. The molecule has 2 aromatic rings. The van der Waals surface area contributed by atoms with E-state index in [-0.39, 0.29) is 16.8 Å². The fourth-order valence-electron chi connectivity index (χ4n) is 6.18. The van der Waals surface area contributed by atoms with Crippen LogP contribution in [0.5, 0.6) is 0 Å². The van der Waals surface area contributed by atoms with E-state index >= 15 is 0 Å². The van der Waals surface area contributed by atoms with Crippen molar-refractivity contribution < 1.29 is 19.0 Å². The van der Waals surface area contributed by atoms with Crippen LogP contribution in [0.15, 0.2) is 24.5 Å². The molecule has 2 aliphatic carbocycles. The van der Waals surface area contributed by atoms with Crippen LogP contribution in [-0.2, 0) is 9.53 Å². The number of methoxy groups -OCH3 is 1. The van der Waals surface area contributed by atoms with Crippen molar-refractivity contribution in [1.82, 2.24) is 20.2 Å². The fraction of sp³-hybridized carbons (Fsp3) is 0.607. The maximum atomic E-state index is 14.4. The molecule has 1 aromatic heterocycles. The molecule has 8 nitrogen and oxygen atoms in total. The van der Waals surface area contributed by atoms with Gasteiger partial charge in [-0.1, -0.05) is 24.6 Å². The molecule has 1 aliphatic heterocycles. The van der Waals surface area contributed by atoms with Crippen LogP contribution in [0, 0.1) is 5.82 Å². The van der Waals surface area contributed by atoms with Crippen LogP contribution in [0.2, 0.25) is 5.02 Å². The van der Waals surface area contributed by atoms with Crippen molar-refractivity contribution >= 4 is 23.3 Å². The minimum atomic E-state index is -0.554. The van der Waals surface area contributed by atoms with E-state index in [1.54, 1.807) is 13.2 Å². The Kier molecular flexibility index (Phi) is 8.47. The number of anilines is 1. The van der Waals surface area contributed by atoms with Gasteiger partial charge in [-0.2, -0.15) is 0 Å². The van der Waals surface area contributed by atoms with Gasteiger partial charge in [0.15, 0.2) is 0 Å². The summed E-state index contributed by atoms with van der Waals surface area (Å²) in [5, 5.41) is 14.0. The maximum Gasteiger partial charge on any atom is 0.231 e. The number of aliphatic hydroxyl groups is 1. The molecule has 0 bridgehead atoms. The number of piperazine rings is 1. The molecule has 0 radical (unpaired) electrons. The first-order valence-corrected chi connectivity index (χ1v) is 14.0. The van der Waals surface area contributed by atoms with E-state index in [0.717, 1.165) is 42.8 Å². The average Bonchev–Trinajstić information content (AvgIpc) is 3.24. The number of hydrogen-bond acceptors (Lipinski definition) is 7. The fourth-order valence-corrected chi connectivity index (χ4v) is 6.29. The maximum absolute atomic E-state index is 14.4. The third kappa shape index (κ3) is 5.66. The summed E-state index contributed by atoms with van der Waals surface area (Å²) >= 11 is 5.94. The lowest BCUT2D eigenvalue weighted by Crippen LogP contribution is -2.51. The minimum absolute atomic E-state index is 0.0128. The Morgan fingerprint density at radius 2 is 1.95 bits per heavy atom. The van der Waals surface area contributed by atoms with Gasteiger partial charge in [-0.25, -0.2) is 14.4 Å². The minimum Gasteiger partial charge on any atom is -0.387 e. The average molecular weight is 546 g/mol. The standard InChI is InChI=1S/C28H37ClFN5O3/c1-17-13-24(36)26-25(17)27(33-16-32-26)34-9-11-35(12-10-34)28(37)21(18-3-8-22(29)23(30)14-18)15-31-19-4-6-20(38-2)7-5-19/h3,8,14,16-17,19-21,24,31,36H,4-7,9-13,15H2,1-2H3/t17-,19-,20-,21-,24-/m1/s1. The van der Waals surface area contributed by atoms with Gasteiger partial charge in [0.05, 0.1) is 28.8 Å². The second kappa shape index (κ2) is 11.8. The molecule has 5 rings (SSSR count). The number of nitrogens with one attached hydrogen (secondary N) is 1. The Balaban J connectivity index is 1.27. The highest BCUT2D eigenvalue weighted by molar-refractivity contribution is 6.30. The molecule has 1 saturated heterocycles. The number of aliphatic hydroxyl groups excluding tert-OH is 1. The largest absolute Gasteiger partial charge is 0.387 e. The monoisotopic (exact) mass is 545 g/mol. The summed E-state index contributed by atoms with van der Waals surface area (Å²) in [7, 11) is 1.75. The van der Waals surface area contributed by atoms with Crippen LogP contribution in [0.25, 0.3) is 0 Å². The molecule has 38 heavy (non-hydrogen) atoms.